The molecule has 4 nitrogen and oxygen atoms in total. The molecule has 0 aliphatic heterocycles. The molecule has 3 aromatic carbocycles. The van der Waals surface area contributed by atoms with Crippen LogP contribution < -0.4 is 4.40 Å². The Morgan fingerprint density at radius 3 is 1.71 bits per heavy atom. The lowest BCUT2D eigenvalue weighted by molar-refractivity contribution is -0.485. The largest absolute Gasteiger partial charge is 0.741 e. The lowest BCUT2D eigenvalue weighted by Crippen LogP contribution is -2.28. The molecule has 0 aliphatic rings. The molecule has 172 valence electrons. The summed E-state index contributed by atoms with van der Waals surface area (Å²) < 4.78 is 61.3. The summed E-state index contributed by atoms with van der Waals surface area (Å²) in [5, 5.41) is 2.53. The first kappa shape index (κ1) is 23.4. The average Bonchev–Trinajstić information content (AvgIpc) is 2.83. The Morgan fingerprint density at radius 1 is 0.647 bits per heavy atom. The van der Waals surface area contributed by atoms with Crippen molar-refractivity contribution in [1.82, 2.24) is 0 Å². The molecule has 0 saturated carbocycles. The fourth-order valence-electron chi connectivity index (χ4n) is 3.70. The number of nitrogens with zero attached hydrogens (tertiary/aromatic N) is 1. The summed E-state index contributed by atoms with van der Waals surface area (Å²) in [5.74, 6) is 0. The highest BCUT2D eigenvalue weighted by Gasteiger charge is 2.36. The maximum Gasteiger partial charge on any atom is 0.485 e. The maximum atomic E-state index is 10.7. The third kappa shape index (κ3) is 4.78. The molecule has 0 aliphatic carbocycles. The van der Waals surface area contributed by atoms with E-state index in [4.69, 9.17) is 13.0 Å². The van der Waals surface area contributed by atoms with Crippen LogP contribution in [0, 0.1) is 0 Å². The van der Waals surface area contributed by atoms with Gasteiger partial charge in [-0.1, -0.05) is 54.6 Å². The van der Waals surface area contributed by atoms with Crippen molar-refractivity contribution in [3.05, 3.63) is 109 Å². The van der Waals surface area contributed by atoms with Gasteiger partial charge in [0.2, 0.25) is 16.9 Å². The van der Waals surface area contributed by atoms with Crippen molar-refractivity contribution in [3.8, 4) is 22.5 Å². The molecule has 34 heavy (non-hydrogen) atoms. The van der Waals surface area contributed by atoms with E-state index < -0.39 is 15.6 Å². The van der Waals surface area contributed by atoms with Crippen LogP contribution >= 0.6 is 0 Å². The van der Waals surface area contributed by atoms with E-state index in [9.17, 15) is 13.2 Å². The van der Waals surface area contributed by atoms with Crippen molar-refractivity contribution in [3.63, 3.8) is 0 Å². The van der Waals surface area contributed by atoms with Crippen LogP contribution in [0.1, 0.15) is 0 Å². The topological polar surface area (TPSA) is 61.3 Å². The van der Waals surface area contributed by atoms with Crippen LogP contribution in [-0.2, 0) is 10.1 Å². The molecule has 0 radical (unpaired) electrons. The molecular weight excluding hydrogens is 463 g/mol. The standard InChI is InChI=1S/C25H18N.CHF3O3S/c1-3-10-19(11-4-1)23-16-9-17-24-22-15-8-7-14-21(22)18-25(26(23)24)20-12-5-2-6-13-20;2-1(3,4)8(5,6)7/h1-18H;(H,5,6,7)/q+1;/p-1. The molecule has 0 atom stereocenters. The predicted octanol–water partition coefficient (Wildman–Crippen LogP) is 5.96. The first-order chi connectivity index (χ1) is 16.2. The van der Waals surface area contributed by atoms with E-state index in [0.29, 0.717) is 0 Å². The zero-order valence-corrected chi connectivity index (χ0v) is 18.4. The molecule has 0 spiro atoms. The minimum absolute atomic E-state index is 1.20. The Labute approximate surface area is 194 Å². The monoisotopic (exact) mass is 481 g/mol. The van der Waals surface area contributed by atoms with Gasteiger partial charge in [-0.05, 0) is 41.8 Å². The fraction of sp³-hybridized carbons (Fsp3) is 0.0385. The van der Waals surface area contributed by atoms with E-state index in [2.05, 4.69) is 114 Å². The normalized spacial score (nSPS) is 11.8. The van der Waals surface area contributed by atoms with Gasteiger partial charge in [-0.15, -0.1) is 0 Å². The molecule has 0 bridgehead atoms. The van der Waals surface area contributed by atoms with Crippen molar-refractivity contribution in [2.24, 2.45) is 0 Å². The van der Waals surface area contributed by atoms with Gasteiger partial charge in [-0.25, -0.2) is 8.42 Å². The third-order valence-corrected chi connectivity index (χ3v) is 5.75. The Morgan fingerprint density at radius 2 is 1.15 bits per heavy atom. The smallest absolute Gasteiger partial charge is 0.485 e. The summed E-state index contributed by atoms with van der Waals surface area (Å²) in [4.78, 5) is 0. The number of alkyl halides is 3. The number of pyridine rings is 2. The van der Waals surface area contributed by atoms with Gasteiger partial charge >= 0.3 is 5.51 Å². The molecule has 5 aromatic rings. The predicted molar refractivity (Wildman–Crippen MR) is 124 cm³/mol. The molecule has 5 rings (SSSR count). The summed E-state index contributed by atoms with van der Waals surface area (Å²) in [6.45, 7) is 0. The Bertz CT molecular complexity index is 1550. The second-order valence-electron chi connectivity index (χ2n) is 7.38. The number of aromatic nitrogens is 1. The quantitative estimate of drug-likeness (QED) is 0.135. The van der Waals surface area contributed by atoms with Crippen molar-refractivity contribution in [1.29, 1.82) is 0 Å². The van der Waals surface area contributed by atoms with Crippen LogP contribution in [0.2, 0.25) is 0 Å². The number of hydrogen-bond donors (Lipinski definition) is 0. The van der Waals surface area contributed by atoms with Gasteiger partial charge in [0, 0.05) is 29.3 Å². The highest BCUT2D eigenvalue weighted by Crippen LogP contribution is 2.27. The van der Waals surface area contributed by atoms with Gasteiger partial charge < -0.3 is 4.55 Å². The highest BCUT2D eigenvalue weighted by molar-refractivity contribution is 7.86. The van der Waals surface area contributed by atoms with Crippen LogP contribution in [-0.4, -0.2) is 18.5 Å². The number of rotatable bonds is 2. The second-order valence-corrected chi connectivity index (χ2v) is 8.75. The van der Waals surface area contributed by atoms with E-state index >= 15 is 0 Å². The van der Waals surface area contributed by atoms with E-state index in [1.807, 2.05) is 0 Å². The number of halogens is 3. The zero-order valence-electron chi connectivity index (χ0n) is 17.6. The van der Waals surface area contributed by atoms with Crippen molar-refractivity contribution in [2.75, 3.05) is 0 Å². The Kier molecular flexibility index (Phi) is 6.37. The first-order valence-electron chi connectivity index (χ1n) is 10.2. The van der Waals surface area contributed by atoms with Crippen LogP contribution in [0.15, 0.2) is 109 Å². The van der Waals surface area contributed by atoms with Crippen LogP contribution in [0.5, 0.6) is 0 Å². The summed E-state index contributed by atoms with van der Waals surface area (Å²) in [6.07, 6.45) is 0. The van der Waals surface area contributed by atoms with Gasteiger partial charge in [-0.2, -0.15) is 17.6 Å². The summed E-state index contributed by atoms with van der Waals surface area (Å²) in [7, 11) is -6.09. The molecule has 0 unspecified atom stereocenters. The van der Waals surface area contributed by atoms with Crippen LogP contribution in [0.3, 0.4) is 0 Å². The molecule has 0 saturated heterocycles. The van der Waals surface area contributed by atoms with E-state index in [0.717, 1.165) is 0 Å². The Hall–Kier alpha value is -3.75. The molecule has 2 aromatic heterocycles. The van der Waals surface area contributed by atoms with Crippen LogP contribution in [0.25, 0.3) is 38.8 Å². The van der Waals surface area contributed by atoms with Crippen molar-refractivity contribution >= 4 is 26.4 Å². The SMILES string of the molecule is O=S(=O)([O-])C(F)(F)F.c1ccc(-c2cccc3c4ccccc4cc(-c4ccccc4)[n+]23)cc1. The third-order valence-electron chi connectivity index (χ3n) is 5.18. The molecule has 0 amide bonds. The number of fused-ring (bicyclic) bond motifs is 3. The second kappa shape index (κ2) is 9.24. The van der Waals surface area contributed by atoms with Crippen LogP contribution in [0.4, 0.5) is 13.2 Å². The minimum atomic E-state index is -6.09. The lowest BCUT2D eigenvalue weighted by atomic mass is 10.0. The number of benzene rings is 3. The Balaban J connectivity index is 0.000000297. The van der Waals surface area contributed by atoms with Crippen molar-refractivity contribution in [2.45, 2.75) is 5.51 Å². The fourth-order valence-corrected chi connectivity index (χ4v) is 3.70. The van der Waals surface area contributed by atoms with Gasteiger partial charge in [0.1, 0.15) is 0 Å². The average molecular weight is 481 g/mol. The lowest BCUT2D eigenvalue weighted by Gasteiger charge is -2.08. The van der Waals surface area contributed by atoms with Gasteiger partial charge in [0.05, 0.1) is 5.39 Å². The minimum Gasteiger partial charge on any atom is -0.741 e. The summed E-state index contributed by atoms with van der Waals surface area (Å²) in [5.41, 5.74) is 0.425. The molecule has 8 heteroatoms. The van der Waals surface area contributed by atoms with E-state index in [1.165, 1.54) is 38.8 Å². The summed E-state index contributed by atoms with van der Waals surface area (Å²) in [6, 6.07) is 38.7. The van der Waals surface area contributed by atoms with Gasteiger partial charge in [0.25, 0.3) is 0 Å². The van der Waals surface area contributed by atoms with E-state index in [-0.39, 0.29) is 0 Å². The number of hydrogen-bond acceptors (Lipinski definition) is 3. The molecule has 0 N–H and O–H groups in total. The van der Waals surface area contributed by atoms with Gasteiger partial charge in [0.15, 0.2) is 10.1 Å². The first-order valence-corrected chi connectivity index (χ1v) is 11.6. The van der Waals surface area contributed by atoms with Gasteiger partial charge in [-0.3, -0.25) is 0 Å². The highest BCUT2D eigenvalue weighted by atomic mass is 32.2. The molecular formula is C26H18F3NO3S. The van der Waals surface area contributed by atoms with Crippen molar-refractivity contribution < 1.29 is 30.5 Å². The molecule has 0 fully saturated rings. The maximum absolute atomic E-state index is 10.7. The summed E-state index contributed by atoms with van der Waals surface area (Å²) >= 11 is 0. The van der Waals surface area contributed by atoms with E-state index in [1.54, 1.807) is 0 Å². The zero-order chi connectivity index (χ0) is 24.3. The molecule has 2 heterocycles.